The summed E-state index contributed by atoms with van der Waals surface area (Å²) >= 11 is 3.57. The zero-order valence-corrected chi connectivity index (χ0v) is 12.2. The highest BCUT2D eigenvalue weighted by Gasteiger charge is 2.13. The van der Waals surface area contributed by atoms with Crippen LogP contribution in [0.15, 0.2) is 4.47 Å². The van der Waals surface area contributed by atoms with Gasteiger partial charge in [-0.25, -0.2) is 0 Å². The van der Waals surface area contributed by atoms with E-state index < -0.39 is 0 Å². The van der Waals surface area contributed by atoms with Crippen LogP contribution in [0, 0.1) is 12.3 Å². The Kier molecular flexibility index (Phi) is 5.14. The van der Waals surface area contributed by atoms with Crippen molar-refractivity contribution in [2.45, 2.75) is 33.4 Å². The van der Waals surface area contributed by atoms with E-state index in [0.29, 0.717) is 6.42 Å². The Balaban J connectivity index is 2.70. The molecule has 0 aliphatic heterocycles. The highest BCUT2D eigenvalue weighted by Crippen LogP contribution is 2.22. The number of rotatable bonds is 6. The van der Waals surface area contributed by atoms with E-state index in [2.05, 4.69) is 32.9 Å². The van der Waals surface area contributed by atoms with Crippen LogP contribution in [0.5, 0.6) is 0 Å². The van der Waals surface area contributed by atoms with Crippen LogP contribution in [-0.2, 0) is 13.1 Å². The fourth-order valence-electron chi connectivity index (χ4n) is 1.67. The van der Waals surface area contributed by atoms with E-state index in [4.69, 9.17) is 11.1 Å². The number of hydrogen-bond donors (Lipinski definition) is 2. The van der Waals surface area contributed by atoms with Gasteiger partial charge in [0.05, 0.1) is 21.7 Å². The summed E-state index contributed by atoms with van der Waals surface area (Å²) in [6.07, 6.45) is 0.605. The molecule has 1 aromatic rings. The molecule has 0 aliphatic rings. The highest BCUT2D eigenvalue weighted by molar-refractivity contribution is 9.10. The molecule has 0 saturated carbocycles. The summed E-state index contributed by atoms with van der Waals surface area (Å²) in [5.41, 5.74) is 7.55. The zero-order valence-electron chi connectivity index (χ0n) is 10.6. The van der Waals surface area contributed by atoms with Gasteiger partial charge in [-0.2, -0.15) is 5.10 Å². The molecule has 0 aromatic carbocycles. The van der Waals surface area contributed by atoms with Gasteiger partial charge in [0.15, 0.2) is 0 Å². The van der Waals surface area contributed by atoms with Crippen molar-refractivity contribution in [2.75, 3.05) is 13.6 Å². The zero-order chi connectivity index (χ0) is 13.0. The third-order valence-corrected chi connectivity index (χ3v) is 3.67. The van der Waals surface area contributed by atoms with E-state index in [9.17, 15) is 0 Å². The minimum Gasteiger partial charge on any atom is -0.388 e. The monoisotopic (exact) mass is 301 g/mol. The lowest BCUT2D eigenvalue weighted by molar-refractivity contribution is 0.323. The molecule has 5 nitrogen and oxygen atoms in total. The van der Waals surface area contributed by atoms with Gasteiger partial charge in [0.1, 0.15) is 0 Å². The molecule has 17 heavy (non-hydrogen) atoms. The Morgan fingerprint density at radius 1 is 1.59 bits per heavy atom. The molecule has 0 unspecified atom stereocenters. The molecule has 0 radical (unpaired) electrons. The summed E-state index contributed by atoms with van der Waals surface area (Å²) in [5.74, 6) is 0.232. The predicted molar refractivity (Wildman–Crippen MR) is 73.2 cm³/mol. The summed E-state index contributed by atoms with van der Waals surface area (Å²) in [4.78, 5) is 2.15. The molecule has 0 saturated heterocycles. The number of aryl methyl sites for hydroxylation is 2. The summed E-state index contributed by atoms with van der Waals surface area (Å²) in [7, 11) is 2.03. The van der Waals surface area contributed by atoms with Gasteiger partial charge in [-0.3, -0.25) is 10.1 Å². The highest BCUT2D eigenvalue weighted by atomic mass is 79.9. The summed E-state index contributed by atoms with van der Waals surface area (Å²) in [6.45, 7) is 6.54. The van der Waals surface area contributed by atoms with E-state index in [1.807, 2.05) is 18.7 Å². The molecule has 6 heteroatoms. The molecular weight excluding hydrogens is 282 g/mol. The smallest absolute Gasteiger partial charge is 0.0918 e. The molecule has 1 rings (SSSR count). The van der Waals surface area contributed by atoms with E-state index >= 15 is 0 Å². The maximum absolute atomic E-state index is 7.22. The predicted octanol–water partition coefficient (Wildman–Crippen LogP) is 1.73. The summed E-state index contributed by atoms with van der Waals surface area (Å²) in [6, 6.07) is 0. The van der Waals surface area contributed by atoms with Crippen LogP contribution >= 0.6 is 15.9 Å². The molecule has 0 amide bonds. The van der Waals surface area contributed by atoms with Crippen molar-refractivity contribution in [1.82, 2.24) is 14.7 Å². The number of nitrogens with zero attached hydrogens (tertiary/aromatic N) is 3. The summed E-state index contributed by atoms with van der Waals surface area (Å²) < 4.78 is 3.08. The first-order valence-corrected chi connectivity index (χ1v) is 6.48. The van der Waals surface area contributed by atoms with Gasteiger partial charge >= 0.3 is 0 Å². The Morgan fingerprint density at radius 3 is 2.76 bits per heavy atom. The second-order valence-electron chi connectivity index (χ2n) is 4.17. The lowest BCUT2D eigenvalue weighted by atomic mass is 10.3. The van der Waals surface area contributed by atoms with E-state index in [1.165, 1.54) is 5.69 Å². The number of amidine groups is 1. The third-order valence-electron chi connectivity index (χ3n) is 2.64. The first kappa shape index (κ1) is 14.2. The molecular formula is C11H20BrN5. The Morgan fingerprint density at radius 2 is 2.24 bits per heavy atom. The van der Waals surface area contributed by atoms with Crippen LogP contribution in [0.25, 0.3) is 0 Å². The first-order chi connectivity index (χ1) is 7.95. The molecule has 1 aromatic heterocycles. The van der Waals surface area contributed by atoms with Gasteiger partial charge in [0.2, 0.25) is 0 Å². The van der Waals surface area contributed by atoms with Gasteiger partial charge in [0, 0.05) is 26.1 Å². The average Bonchev–Trinajstić information content (AvgIpc) is 2.54. The topological polar surface area (TPSA) is 70.9 Å². The van der Waals surface area contributed by atoms with Gasteiger partial charge in [-0.15, -0.1) is 0 Å². The Bertz CT molecular complexity index is 399. The largest absolute Gasteiger partial charge is 0.388 e. The molecule has 0 atom stereocenters. The molecule has 0 spiro atoms. The van der Waals surface area contributed by atoms with Crippen molar-refractivity contribution < 1.29 is 0 Å². The molecule has 3 N–H and O–H groups in total. The van der Waals surface area contributed by atoms with Crippen molar-refractivity contribution in [2.24, 2.45) is 5.73 Å². The van der Waals surface area contributed by atoms with Crippen LogP contribution in [0.2, 0.25) is 0 Å². The lowest BCUT2D eigenvalue weighted by Crippen LogP contribution is -2.25. The first-order valence-electron chi connectivity index (χ1n) is 5.68. The van der Waals surface area contributed by atoms with E-state index in [1.54, 1.807) is 0 Å². The molecule has 96 valence electrons. The standard InChI is InChI=1S/C11H20BrN5/c1-4-17-9(11(12)8(2)15-17)7-16(3)6-5-10(13)14/h4-7H2,1-3H3,(H3,13,14). The molecule has 1 heterocycles. The van der Waals surface area contributed by atoms with Crippen LogP contribution < -0.4 is 5.73 Å². The molecule has 0 bridgehead atoms. The van der Waals surface area contributed by atoms with Crippen molar-refractivity contribution >= 4 is 21.8 Å². The Labute approximate surface area is 111 Å². The van der Waals surface area contributed by atoms with Crippen molar-refractivity contribution in [3.05, 3.63) is 15.9 Å². The minimum absolute atomic E-state index is 0.232. The maximum Gasteiger partial charge on any atom is 0.0918 e. The lowest BCUT2D eigenvalue weighted by Gasteiger charge is -2.17. The van der Waals surface area contributed by atoms with Crippen molar-refractivity contribution in [1.29, 1.82) is 5.41 Å². The average molecular weight is 302 g/mol. The second kappa shape index (κ2) is 6.16. The number of nitrogens with two attached hydrogens (primary N) is 1. The SMILES string of the molecule is CCn1nc(C)c(Br)c1CN(C)CCC(=N)N. The number of aromatic nitrogens is 2. The van der Waals surface area contributed by atoms with E-state index in [-0.39, 0.29) is 5.84 Å². The maximum atomic E-state index is 7.22. The van der Waals surface area contributed by atoms with Crippen molar-refractivity contribution in [3.63, 3.8) is 0 Å². The van der Waals surface area contributed by atoms with Crippen LogP contribution in [0.4, 0.5) is 0 Å². The fraction of sp³-hybridized carbons (Fsp3) is 0.636. The second-order valence-corrected chi connectivity index (χ2v) is 4.97. The number of hydrogen-bond acceptors (Lipinski definition) is 3. The van der Waals surface area contributed by atoms with Gasteiger partial charge < -0.3 is 10.6 Å². The number of nitrogens with one attached hydrogen (secondary N) is 1. The van der Waals surface area contributed by atoms with E-state index in [0.717, 1.165) is 29.8 Å². The molecule has 0 fully saturated rings. The van der Waals surface area contributed by atoms with Crippen LogP contribution in [0.1, 0.15) is 24.7 Å². The van der Waals surface area contributed by atoms with Gasteiger partial charge in [-0.05, 0) is 36.8 Å². The van der Waals surface area contributed by atoms with Crippen LogP contribution in [0.3, 0.4) is 0 Å². The molecule has 0 aliphatic carbocycles. The van der Waals surface area contributed by atoms with Crippen LogP contribution in [-0.4, -0.2) is 34.1 Å². The quantitative estimate of drug-likeness (QED) is 0.621. The normalized spacial score (nSPS) is 11.1. The third kappa shape index (κ3) is 3.81. The summed E-state index contributed by atoms with van der Waals surface area (Å²) in [5, 5.41) is 11.7. The number of halogens is 1. The van der Waals surface area contributed by atoms with Gasteiger partial charge in [-0.1, -0.05) is 0 Å². The van der Waals surface area contributed by atoms with Gasteiger partial charge in [0.25, 0.3) is 0 Å². The fourth-order valence-corrected chi connectivity index (χ4v) is 2.08. The van der Waals surface area contributed by atoms with Crippen molar-refractivity contribution in [3.8, 4) is 0 Å². The Hall–Kier alpha value is -0.880. The minimum atomic E-state index is 0.232.